The topological polar surface area (TPSA) is 55.5 Å². The number of rotatable bonds is 7. The summed E-state index contributed by atoms with van der Waals surface area (Å²) in [7, 11) is 0. The molecule has 0 spiro atoms. The van der Waals surface area contributed by atoms with Crippen LogP contribution in [0.25, 0.3) is 0 Å². The normalized spacial score (nSPS) is 18.2. The van der Waals surface area contributed by atoms with Crippen molar-refractivity contribution in [2.75, 3.05) is 13.2 Å². The molecule has 0 aromatic rings. The number of hydrogen-bond acceptors (Lipinski definition) is 3. The van der Waals surface area contributed by atoms with Gasteiger partial charge in [0.05, 0.1) is 12.7 Å². The molecule has 0 fully saturated rings. The quantitative estimate of drug-likeness (QED) is 0.593. The zero-order valence-electron chi connectivity index (χ0n) is 9.05. The number of hydrogen-bond donors (Lipinski definition) is 2. The predicted octanol–water partition coefficient (Wildman–Crippen LogP) is 1.29. The number of nitrogens with two attached hydrogens (primary N) is 1. The summed E-state index contributed by atoms with van der Waals surface area (Å²) in [5, 5.41) is 8.93. The molecule has 0 aliphatic heterocycles. The maximum absolute atomic E-state index is 8.93. The van der Waals surface area contributed by atoms with Crippen molar-refractivity contribution in [1.29, 1.82) is 0 Å². The van der Waals surface area contributed by atoms with Gasteiger partial charge in [-0.15, -0.1) is 0 Å². The van der Waals surface area contributed by atoms with Crippen LogP contribution in [0.5, 0.6) is 0 Å². The smallest absolute Gasteiger partial charge is 0.0609 e. The van der Waals surface area contributed by atoms with E-state index in [4.69, 9.17) is 15.6 Å². The van der Waals surface area contributed by atoms with Crippen LogP contribution in [0, 0.1) is 0 Å². The summed E-state index contributed by atoms with van der Waals surface area (Å²) in [6.45, 7) is 6.77. The molecule has 0 radical (unpaired) electrons. The average molecular weight is 189 g/mol. The molecule has 0 bridgehead atoms. The van der Waals surface area contributed by atoms with Gasteiger partial charge < -0.3 is 15.6 Å². The van der Waals surface area contributed by atoms with E-state index >= 15 is 0 Å². The first kappa shape index (κ1) is 12.9. The van der Waals surface area contributed by atoms with E-state index in [1.807, 2.05) is 13.8 Å². The van der Waals surface area contributed by atoms with Crippen molar-refractivity contribution < 1.29 is 9.84 Å². The predicted molar refractivity (Wildman–Crippen MR) is 54.6 cm³/mol. The fraction of sp³-hybridized carbons (Fsp3) is 1.00. The number of unbranched alkanes of at least 4 members (excludes halogenated alkanes) is 1. The first-order valence-electron chi connectivity index (χ1n) is 5.03. The first-order chi connectivity index (χ1) is 6.02. The van der Waals surface area contributed by atoms with E-state index in [-0.39, 0.29) is 12.7 Å². The lowest BCUT2D eigenvalue weighted by Gasteiger charge is -2.25. The Balaban J connectivity index is 3.55. The maximum Gasteiger partial charge on any atom is 0.0609 e. The second-order valence-electron chi connectivity index (χ2n) is 4.05. The van der Waals surface area contributed by atoms with Crippen LogP contribution in [0.2, 0.25) is 0 Å². The van der Waals surface area contributed by atoms with Gasteiger partial charge in [-0.2, -0.15) is 0 Å². The lowest BCUT2D eigenvalue weighted by atomic mass is 9.97. The Hall–Kier alpha value is -0.120. The molecular weight excluding hydrogens is 166 g/mol. The van der Waals surface area contributed by atoms with Crippen molar-refractivity contribution >= 4 is 0 Å². The third kappa shape index (κ3) is 6.99. The molecule has 0 aromatic carbocycles. The van der Waals surface area contributed by atoms with E-state index in [9.17, 15) is 0 Å². The van der Waals surface area contributed by atoms with Crippen LogP contribution in [-0.4, -0.2) is 30.0 Å². The molecule has 80 valence electrons. The summed E-state index contributed by atoms with van der Waals surface area (Å²) in [6.07, 6.45) is 3.07. The van der Waals surface area contributed by atoms with Crippen LogP contribution in [0.15, 0.2) is 0 Å². The average Bonchev–Trinajstić information content (AvgIpc) is 2.04. The van der Waals surface area contributed by atoms with Crippen LogP contribution in [0.4, 0.5) is 0 Å². The molecule has 0 aliphatic carbocycles. The summed E-state index contributed by atoms with van der Waals surface area (Å²) >= 11 is 0. The zero-order valence-corrected chi connectivity index (χ0v) is 9.05. The molecule has 3 N–H and O–H groups in total. The second-order valence-corrected chi connectivity index (χ2v) is 4.05. The SMILES string of the molecule is CCCCOC(C)CC(C)(N)CO. The summed E-state index contributed by atoms with van der Waals surface area (Å²) in [6, 6.07) is 0. The second kappa shape index (κ2) is 6.35. The summed E-state index contributed by atoms with van der Waals surface area (Å²) in [5.74, 6) is 0. The van der Waals surface area contributed by atoms with Crippen molar-refractivity contribution in [1.82, 2.24) is 0 Å². The lowest BCUT2D eigenvalue weighted by Crippen LogP contribution is -2.43. The Bertz CT molecular complexity index is 126. The minimum absolute atomic E-state index is 0.00841. The van der Waals surface area contributed by atoms with Gasteiger partial charge in [0.25, 0.3) is 0 Å². The highest BCUT2D eigenvalue weighted by atomic mass is 16.5. The minimum Gasteiger partial charge on any atom is -0.394 e. The minimum atomic E-state index is -0.508. The van der Waals surface area contributed by atoms with Crippen molar-refractivity contribution in [3.63, 3.8) is 0 Å². The molecule has 13 heavy (non-hydrogen) atoms. The molecule has 3 heteroatoms. The molecule has 0 amide bonds. The molecule has 0 heterocycles. The Morgan fingerprint density at radius 3 is 2.62 bits per heavy atom. The zero-order chi connectivity index (χ0) is 10.3. The molecule has 2 atom stereocenters. The number of aliphatic hydroxyl groups is 1. The Labute approximate surface area is 81.3 Å². The largest absolute Gasteiger partial charge is 0.394 e. The third-order valence-corrected chi connectivity index (χ3v) is 2.02. The maximum atomic E-state index is 8.93. The third-order valence-electron chi connectivity index (χ3n) is 2.02. The molecule has 3 nitrogen and oxygen atoms in total. The fourth-order valence-electron chi connectivity index (χ4n) is 1.21. The van der Waals surface area contributed by atoms with Gasteiger partial charge in [-0.1, -0.05) is 13.3 Å². The van der Waals surface area contributed by atoms with Gasteiger partial charge in [0.1, 0.15) is 0 Å². The van der Waals surface area contributed by atoms with E-state index in [1.165, 1.54) is 0 Å². The van der Waals surface area contributed by atoms with Gasteiger partial charge in [0, 0.05) is 12.1 Å². The van der Waals surface area contributed by atoms with E-state index < -0.39 is 5.54 Å². The Morgan fingerprint density at radius 1 is 1.54 bits per heavy atom. The first-order valence-corrected chi connectivity index (χ1v) is 5.03. The van der Waals surface area contributed by atoms with Crippen LogP contribution in [0.3, 0.4) is 0 Å². The molecular formula is C10H23NO2. The summed E-state index contributed by atoms with van der Waals surface area (Å²) in [4.78, 5) is 0. The summed E-state index contributed by atoms with van der Waals surface area (Å²) in [5.41, 5.74) is 5.28. The van der Waals surface area contributed by atoms with Gasteiger partial charge in [-0.3, -0.25) is 0 Å². The van der Waals surface area contributed by atoms with Gasteiger partial charge in [-0.25, -0.2) is 0 Å². The van der Waals surface area contributed by atoms with Gasteiger partial charge in [0.15, 0.2) is 0 Å². The van der Waals surface area contributed by atoms with Crippen LogP contribution < -0.4 is 5.73 Å². The highest BCUT2D eigenvalue weighted by Gasteiger charge is 2.20. The monoisotopic (exact) mass is 189 g/mol. The number of ether oxygens (including phenoxy) is 1. The van der Waals surface area contributed by atoms with Gasteiger partial charge in [0.2, 0.25) is 0 Å². The summed E-state index contributed by atoms with van der Waals surface area (Å²) < 4.78 is 5.53. The fourth-order valence-corrected chi connectivity index (χ4v) is 1.21. The van der Waals surface area contributed by atoms with E-state index in [0.717, 1.165) is 19.4 Å². The van der Waals surface area contributed by atoms with E-state index in [1.54, 1.807) is 0 Å². The van der Waals surface area contributed by atoms with Crippen molar-refractivity contribution in [2.24, 2.45) is 5.73 Å². The lowest BCUT2D eigenvalue weighted by molar-refractivity contribution is 0.0350. The van der Waals surface area contributed by atoms with Crippen molar-refractivity contribution in [3.05, 3.63) is 0 Å². The van der Waals surface area contributed by atoms with Crippen LogP contribution >= 0.6 is 0 Å². The molecule has 0 aromatic heterocycles. The number of aliphatic hydroxyl groups excluding tert-OH is 1. The van der Waals surface area contributed by atoms with Crippen LogP contribution in [0.1, 0.15) is 40.0 Å². The van der Waals surface area contributed by atoms with Crippen molar-refractivity contribution in [2.45, 2.75) is 51.7 Å². The van der Waals surface area contributed by atoms with E-state index in [2.05, 4.69) is 6.92 Å². The molecule has 0 rings (SSSR count). The standard InChI is InChI=1S/C10H23NO2/c1-4-5-6-13-9(2)7-10(3,11)8-12/h9,12H,4-8,11H2,1-3H3. The molecule has 0 saturated heterocycles. The van der Waals surface area contributed by atoms with Gasteiger partial charge in [-0.05, 0) is 26.7 Å². The van der Waals surface area contributed by atoms with Gasteiger partial charge >= 0.3 is 0 Å². The Kier molecular flexibility index (Phi) is 6.29. The van der Waals surface area contributed by atoms with Crippen molar-refractivity contribution in [3.8, 4) is 0 Å². The molecule has 0 saturated carbocycles. The highest BCUT2D eigenvalue weighted by molar-refractivity contribution is 4.79. The molecule has 0 aliphatic rings. The molecule has 2 unspecified atom stereocenters. The highest BCUT2D eigenvalue weighted by Crippen LogP contribution is 2.10. The van der Waals surface area contributed by atoms with E-state index in [0.29, 0.717) is 6.42 Å². The van der Waals surface area contributed by atoms with Crippen LogP contribution in [-0.2, 0) is 4.74 Å². The Morgan fingerprint density at radius 2 is 2.15 bits per heavy atom.